The maximum Gasteiger partial charge on any atom is 0.300 e. The normalized spacial score (nSPS) is 4.06. The van der Waals surface area contributed by atoms with E-state index in [-0.39, 0.29) is 47.5 Å². The molecule has 12 N–H and O–H groups in total. The molecule has 0 atom stereocenters. The first kappa shape index (κ1) is 72.3. The Labute approximate surface area is 112 Å². The Kier molecular flexibility index (Phi) is 238. The van der Waals surface area contributed by atoms with Gasteiger partial charge in [-0.3, -0.25) is 4.79 Å². The number of nitrogens with zero attached hydrogens (tertiary/aromatic N) is 2. The van der Waals surface area contributed by atoms with Gasteiger partial charge >= 0.3 is 0 Å². The molecular formula is C2H15CoN7O8-6. The fraction of sp³-hybridized carbons (Fsp3) is 0.500. The Morgan fingerprint density at radius 1 is 0.944 bits per heavy atom. The van der Waals surface area contributed by atoms with Crippen molar-refractivity contribution in [3.05, 3.63) is 56.2 Å². The molecule has 0 aliphatic rings. The Bertz CT molecular complexity index is 127. The number of hydrogen-bond donors (Lipinski definition) is 2. The summed E-state index contributed by atoms with van der Waals surface area (Å²) in [6.45, 7) is 1.08. The minimum Gasteiger partial charge on any atom is -0.693 e. The van der Waals surface area contributed by atoms with E-state index in [0.717, 1.165) is 6.92 Å². The average molecular weight is 324 g/mol. The van der Waals surface area contributed by atoms with Crippen molar-refractivity contribution in [1.82, 2.24) is 0 Å². The number of nitrogens with two attached hydrogens (primary N) is 5. The molecule has 0 aliphatic heterocycles. The van der Waals surface area contributed by atoms with Crippen LogP contribution in [0.4, 0.5) is 0 Å². The van der Waals surface area contributed by atoms with Crippen molar-refractivity contribution >= 4 is 5.97 Å². The summed E-state index contributed by atoms with van der Waals surface area (Å²) in [4.78, 5) is 25.6. The van der Waals surface area contributed by atoms with Crippen LogP contribution in [0.15, 0.2) is 0 Å². The van der Waals surface area contributed by atoms with Gasteiger partial charge in [-0.25, -0.2) is 0 Å². The molecule has 0 rings (SSSR count). The summed E-state index contributed by atoms with van der Waals surface area (Å²) < 4.78 is 0. The predicted octanol–water partition coefficient (Wildman–Crippen LogP) is 3.09. The maximum absolute atomic E-state index is 9.00. The van der Waals surface area contributed by atoms with Crippen LogP contribution in [0.3, 0.4) is 0 Å². The minimum atomic E-state index is -1.75. The van der Waals surface area contributed by atoms with E-state index in [2.05, 4.69) is 0 Å². The predicted molar refractivity (Wildman–Crippen MR) is 58.9 cm³/mol. The van der Waals surface area contributed by atoms with Gasteiger partial charge in [-0.15, -0.1) is 10.1 Å². The minimum absolute atomic E-state index is 0. The van der Waals surface area contributed by atoms with Gasteiger partial charge in [-0.1, -0.05) is 0 Å². The van der Waals surface area contributed by atoms with Crippen molar-refractivity contribution < 1.29 is 42.1 Å². The molecule has 0 unspecified atom stereocenters. The molecule has 0 aromatic rings. The molecule has 0 fully saturated rings. The summed E-state index contributed by atoms with van der Waals surface area (Å²) >= 11 is 0. The Balaban J connectivity index is -0.00000000827. The van der Waals surface area contributed by atoms with E-state index in [1.807, 2.05) is 0 Å². The molecule has 0 aliphatic carbocycles. The Morgan fingerprint density at radius 2 is 0.944 bits per heavy atom. The van der Waals surface area contributed by atoms with Gasteiger partial charge in [0, 0.05) is 23.7 Å². The molecule has 18 heavy (non-hydrogen) atoms. The first-order valence-corrected chi connectivity index (χ1v) is 2.04. The van der Waals surface area contributed by atoms with Gasteiger partial charge in [0.1, 0.15) is 0 Å². The summed E-state index contributed by atoms with van der Waals surface area (Å²) in [5.41, 5.74) is 0. The van der Waals surface area contributed by atoms with Crippen molar-refractivity contribution in [2.75, 3.05) is 0 Å². The van der Waals surface area contributed by atoms with Gasteiger partial charge in [0.15, 0.2) is 0 Å². The molecule has 121 valence electrons. The Morgan fingerprint density at radius 3 is 0.944 bits per heavy atom. The van der Waals surface area contributed by atoms with Gasteiger partial charge in [0.05, 0.1) is 5.09 Å². The van der Waals surface area contributed by atoms with Gasteiger partial charge < -0.3 is 56.4 Å². The third-order valence-corrected chi connectivity index (χ3v) is 0. The first-order chi connectivity index (χ1) is 5.20. The van der Waals surface area contributed by atoms with Crippen molar-refractivity contribution in [2.45, 2.75) is 6.92 Å². The van der Waals surface area contributed by atoms with E-state index >= 15 is 0 Å². The largest absolute Gasteiger partial charge is 0.693 e. The number of carboxylic acid groups (broad SMARTS) is 1. The quantitative estimate of drug-likeness (QED) is 0.490. The number of hydrogen-bond acceptors (Lipinski definition) is 6. The summed E-state index contributed by atoms with van der Waals surface area (Å²) in [5, 5.41) is 35.8. The second-order valence-corrected chi connectivity index (χ2v) is 0.980. The van der Waals surface area contributed by atoms with Crippen molar-refractivity contribution in [1.29, 1.82) is 0 Å². The van der Waals surface area contributed by atoms with Crippen LogP contribution in [0.2, 0.25) is 0 Å². The number of carbonyl (C=O) groups is 1. The number of rotatable bonds is 0. The molecule has 0 aromatic carbocycles. The SMILES string of the molecule is CC(=O)O.O=[N+]([O-])O.O=[N+]([O-])[O-].[Co].[NH2-].[NH2-].[NH2-].[NH2-].[NH2-]. The van der Waals surface area contributed by atoms with E-state index in [1.165, 1.54) is 0 Å². The fourth-order valence-corrected chi connectivity index (χ4v) is 0. The summed E-state index contributed by atoms with van der Waals surface area (Å²) in [7, 11) is 0. The Hall–Kier alpha value is -1.82. The standard InChI is InChI=1S/C2H4O2.Co.HNO3.NO3.5H2N/c1-2(3)4;;2*2-1(3)4;;;;;/h1H3,(H,3,4);;(H,2,3,4);;5*1H2/q;;;6*-1. The topological polar surface area (TPSA) is 334 Å². The van der Waals surface area contributed by atoms with Gasteiger partial charge in [0.25, 0.3) is 11.1 Å². The van der Waals surface area contributed by atoms with E-state index in [1.54, 1.807) is 0 Å². The van der Waals surface area contributed by atoms with Crippen LogP contribution in [0.1, 0.15) is 6.92 Å². The van der Waals surface area contributed by atoms with E-state index < -0.39 is 16.1 Å². The number of carboxylic acids is 1. The fourth-order valence-electron chi connectivity index (χ4n) is 0. The third-order valence-electron chi connectivity index (χ3n) is 0. The zero-order valence-corrected chi connectivity index (χ0v) is 10.00. The summed E-state index contributed by atoms with van der Waals surface area (Å²) in [6, 6.07) is 0. The maximum atomic E-state index is 9.00. The van der Waals surface area contributed by atoms with Crippen LogP contribution in [-0.4, -0.2) is 26.5 Å². The van der Waals surface area contributed by atoms with Crippen molar-refractivity contribution in [3.63, 3.8) is 0 Å². The smallest absolute Gasteiger partial charge is 0.300 e. The zero-order chi connectivity index (χ0) is 10.7. The molecule has 0 amide bonds. The molecule has 0 spiro atoms. The second kappa shape index (κ2) is 59.2. The van der Waals surface area contributed by atoms with Crippen LogP contribution in [0.25, 0.3) is 30.8 Å². The average Bonchev–Trinajstić information content (AvgIpc) is 1.54. The van der Waals surface area contributed by atoms with E-state index in [0.29, 0.717) is 0 Å². The van der Waals surface area contributed by atoms with Crippen LogP contribution in [0.5, 0.6) is 0 Å². The van der Waals surface area contributed by atoms with Crippen LogP contribution >= 0.6 is 0 Å². The molecule has 15 nitrogen and oxygen atoms in total. The molecule has 1 radical (unpaired) electrons. The van der Waals surface area contributed by atoms with Crippen molar-refractivity contribution in [3.8, 4) is 0 Å². The zero-order valence-electron chi connectivity index (χ0n) is 8.96. The molecule has 0 bridgehead atoms. The second-order valence-electron chi connectivity index (χ2n) is 0.980. The van der Waals surface area contributed by atoms with Gasteiger partial charge in [-0.05, 0) is 0 Å². The molecule has 0 saturated heterocycles. The molecule has 0 heterocycles. The number of aliphatic carboxylic acids is 1. The molecular weight excluding hydrogens is 309 g/mol. The summed E-state index contributed by atoms with van der Waals surface area (Å²) in [5.74, 6) is -0.833. The van der Waals surface area contributed by atoms with Gasteiger partial charge in [0.2, 0.25) is 0 Å². The monoisotopic (exact) mass is 324 g/mol. The van der Waals surface area contributed by atoms with Crippen LogP contribution in [-0.2, 0) is 21.6 Å². The van der Waals surface area contributed by atoms with Crippen molar-refractivity contribution in [2.24, 2.45) is 0 Å². The third kappa shape index (κ3) is 740. The van der Waals surface area contributed by atoms with E-state index in [9.17, 15) is 0 Å². The van der Waals surface area contributed by atoms with Gasteiger partial charge in [-0.2, -0.15) is 0 Å². The molecule has 0 aromatic heterocycles. The first-order valence-electron chi connectivity index (χ1n) is 2.04. The van der Waals surface area contributed by atoms with Crippen LogP contribution < -0.4 is 0 Å². The molecule has 16 heteroatoms. The summed E-state index contributed by atoms with van der Waals surface area (Å²) in [6.07, 6.45) is 0. The molecule has 0 saturated carbocycles. The van der Waals surface area contributed by atoms with E-state index in [4.69, 9.17) is 40.5 Å². The van der Waals surface area contributed by atoms with Crippen LogP contribution in [0, 0.1) is 25.4 Å².